The maximum atomic E-state index is 12.2. The van der Waals surface area contributed by atoms with Crippen LogP contribution in [0.2, 0.25) is 0 Å². The van der Waals surface area contributed by atoms with E-state index in [9.17, 15) is 9.59 Å². The van der Waals surface area contributed by atoms with E-state index in [2.05, 4.69) is 10.6 Å². The number of anilines is 1. The molecule has 0 saturated heterocycles. The van der Waals surface area contributed by atoms with Crippen molar-refractivity contribution in [1.29, 1.82) is 0 Å². The summed E-state index contributed by atoms with van der Waals surface area (Å²) in [5.41, 5.74) is 1.89. The second-order valence-electron chi connectivity index (χ2n) is 5.29. The third-order valence-corrected chi connectivity index (χ3v) is 3.29. The van der Waals surface area contributed by atoms with E-state index in [0.29, 0.717) is 17.9 Å². The van der Waals surface area contributed by atoms with E-state index in [4.69, 9.17) is 9.15 Å². The quantitative estimate of drug-likeness (QED) is 0.858. The van der Waals surface area contributed by atoms with Gasteiger partial charge in [-0.05, 0) is 43.7 Å². The van der Waals surface area contributed by atoms with E-state index in [1.165, 1.54) is 6.26 Å². The van der Waals surface area contributed by atoms with Crippen LogP contribution in [0.15, 0.2) is 41.0 Å². The number of benzene rings is 1. The van der Waals surface area contributed by atoms with Gasteiger partial charge in [0.2, 0.25) is 0 Å². The third kappa shape index (κ3) is 4.43. The molecule has 1 atom stereocenters. The van der Waals surface area contributed by atoms with E-state index in [1.54, 1.807) is 37.4 Å². The summed E-state index contributed by atoms with van der Waals surface area (Å²) in [5.74, 6) is -0.362. The zero-order chi connectivity index (χ0) is 16.8. The van der Waals surface area contributed by atoms with Crippen LogP contribution in [0.5, 0.6) is 0 Å². The third-order valence-electron chi connectivity index (χ3n) is 3.29. The van der Waals surface area contributed by atoms with Gasteiger partial charge in [0.1, 0.15) is 0 Å². The van der Waals surface area contributed by atoms with Gasteiger partial charge in [0, 0.05) is 24.4 Å². The average molecular weight is 316 g/mol. The van der Waals surface area contributed by atoms with Crippen molar-refractivity contribution in [2.75, 3.05) is 19.0 Å². The van der Waals surface area contributed by atoms with Gasteiger partial charge in [0.15, 0.2) is 5.76 Å². The molecule has 1 heterocycles. The molecule has 0 aliphatic rings. The lowest BCUT2D eigenvalue weighted by atomic mass is 10.1. The molecule has 0 aliphatic heterocycles. The molecule has 0 saturated carbocycles. The molecule has 0 aliphatic carbocycles. The van der Waals surface area contributed by atoms with Crippen molar-refractivity contribution < 1.29 is 18.7 Å². The Hall–Kier alpha value is -2.60. The maximum Gasteiger partial charge on any atom is 0.291 e. The smallest absolute Gasteiger partial charge is 0.291 e. The summed E-state index contributed by atoms with van der Waals surface area (Å²) < 4.78 is 10.1. The Morgan fingerprint density at radius 1 is 1.26 bits per heavy atom. The van der Waals surface area contributed by atoms with Gasteiger partial charge >= 0.3 is 0 Å². The van der Waals surface area contributed by atoms with Crippen molar-refractivity contribution in [2.45, 2.75) is 19.9 Å². The van der Waals surface area contributed by atoms with Crippen molar-refractivity contribution in [3.05, 3.63) is 53.5 Å². The Bertz CT molecular complexity index is 680. The van der Waals surface area contributed by atoms with Crippen molar-refractivity contribution in [2.24, 2.45) is 0 Å². The SMILES string of the molecule is COCC(C)NC(=O)c1ccc(C)c(NC(=O)c2ccco2)c1. The first-order chi connectivity index (χ1) is 11.0. The predicted molar refractivity (Wildman–Crippen MR) is 86.6 cm³/mol. The molecule has 2 amide bonds. The fourth-order valence-electron chi connectivity index (χ4n) is 2.09. The van der Waals surface area contributed by atoms with Gasteiger partial charge in [-0.2, -0.15) is 0 Å². The van der Waals surface area contributed by atoms with Crippen LogP contribution in [0.1, 0.15) is 33.4 Å². The lowest BCUT2D eigenvalue weighted by molar-refractivity contribution is 0.0904. The van der Waals surface area contributed by atoms with E-state index in [1.807, 2.05) is 13.8 Å². The minimum absolute atomic E-state index is 0.102. The van der Waals surface area contributed by atoms with Crippen LogP contribution in [0, 0.1) is 6.92 Å². The maximum absolute atomic E-state index is 12.2. The number of hydrogen-bond donors (Lipinski definition) is 2. The van der Waals surface area contributed by atoms with Crippen LogP contribution in [-0.2, 0) is 4.74 Å². The summed E-state index contributed by atoms with van der Waals surface area (Å²) in [4.78, 5) is 24.3. The number of carbonyl (C=O) groups excluding carboxylic acids is 2. The van der Waals surface area contributed by atoms with Crippen LogP contribution in [0.4, 0.5) is 5.69 Å². The lowest BCUT2D eigenvalue weighted by Gasteiger charge is -2.14. The van der Waals surface area contributed by atoms with Gasteiger partial charge in [-0.25, -0.2) is 0 Å². The highest BCUT2D eigenvalue weighted by atomic mass is 16.5. The first kappa shape index (κ1) is 16.8. The molecule has 0 spiro atoms. The Balaban J connectivity index is 2.12. The van der Waals surface area contributed by atoms with Crippen LogP contribution < -0.4 is 10.6 Å². The van der Waals surface area contributed by atoms with Crippen LogP contribution in [0.3, 0.4) is 0 Å². The van der Waals surface area contributed by atoms with Gasteiger partial charge in [0.25, 0.3) is 11.8 Å². The van der Waals surface area contributed by atoms with Crippen LogP contribution >= 0.6 is 0 Å². The number of nitrogens with one attached hydrogen (secondary N) is 2. The number of furan rings is 1. The van der Waals surface area contributed by atoms with Gasteiger partial charge < -0.3 is 19.8 Å². The first-order valence-electron chi connectivity index (χ1n) is 7.26. The molecule has 2 rings (SSSR count). The zero-order valence-corrected chi connectivity index (χ0v) is 13.4. The second kappa shape index (κ2) is 7.60. The summed E-state index contributed by atoms with van der Waals surface area (Å²) in [7, 11) is 1.58. The summed E-state index contributed by atoms with van der Waals surface area (Å²) >= 11 is 0. The van der Waals surface area contributed by atoms with Crippen molar-refractivity contribution in [1.82, 2.24) is 5.32 Å². The highest BCUT2D eigenvalue weighted by Crippen LogP contribution is 2.18. The molecule has 2 N–H and O–H groups in total. The molecular weight excluding hydrogens is 296 g/mol. The van der Waals surface area contributed by atoms with Crippen molar-refractivity contribution >= 4 is 17.5 Å². The highest BCUT2D eigenvalue weighted by molar-refractivity contribution is 6.03. The molecule has 1 unspecified atom stereocenters. The standard InChI is InChI=1S/C17H20N2O4/c1-11-6-7-13(16(20)18-12(2)10-22-3)9-14(11)19-17(21)15-5-4-8-23-15/h4-9,12H,10H2,1-3H3,(H,18,20)(H,19,21). The Morgan fingerprint density at radius 3 is 2.70 bits per heavy atom. The van der Waals surface area contributed by atoms with E-state index in [0.717, 1.165) is 5.56 Å². The minimum Gasteiger partial charge on any atom is -0.459 e. The largest absolute Gasteiger partial charge is 0.459 e. The molecule has 122 valence electrons. The van der Waals surface area contributed by atoms with Crippen molar-refractivity contribution in [3.63, 3.8) is 0 Å². The monoisotopic (exact) mass is 316 g/mol. The number of hydrogen-bond acceptors (Lipinski definition) is 4. The van der Waals surface area contributed by atoms with Crippen molar-refractivity contribution in [3.8, 4) is 0 Å². The Labute approximate surface area is 134 Å². The molecule has 0 radical (unpaired) electrons. The number of methoxy groups -OCH3 is 1. The lowest BCUT2D eigenvalue weighted by Crippen LogP contribution is -2.35. The van der Waals surface area contributed by atoms with E-state index >= 15 is 0 Å². The fourth-order valence-corrected chi connectivity index (χ4v) is 2.09. The zero-order valence-electron chi connectivity index (χ0n) is 13.4. The van der Waals surface area contributed by atoms with E-state index in [-0.39, 0.29) is 23.6 Å². The average Bonchev–Trinajstić information content (AvgIpc) is 3.04. The summed E-state index contributed by atoms with van der Waals surface area (Å²) in [5, 5.41) is 5.58. The second-order valence-corrected chi connectivity index (χ2v) is 5.29. The molecule has 6 nitrogen and oxygen atoms in total. The van der Waals surface area contributed by atoms with E-state index < -0.39 is 0 Å². The molecule has 23 heavy (non-hydrogen) atoms. The Morgan fingerprint density at radius 2 is 2.04 bits per heavy atom. The summed E-state index contributed by atoms with van der Waals surface area (Å²) in [6, 6.07) is 8.26. The molecule has 1 aromatic heterocycles. The number of ether oxygens (including phenoxy) is 1. The van der Waals surface area contributed by atoms with Crippen LogP contribution in [-0.4, -0.2) is 31.6 Å². The minimum atomic E-state index is -0.358. The molecule has 0 bridgehead atoms. The number of aryl methyl sites for hydroxylation is 1. The summed E-state index contributed by atoms with van der Waals surface area (Å²) in [6.07, 6.45) is 1.43. The molecular formula is C17H20N2O4. The molecule has 1 aromatic carbocycles. The number of amides is 2. The summed E-state index contributed by atoms with van der Waals surface area (Å²) in [6.45, 7) is 4.14. The molecule has 2 aromatic rings. The topological polar surface area (TPSA) is 80.6 Å². The Kier molecular flexibility index (Phi) is 5.54. The van der Waals surface area contributed by atoms with Crippen LogP contribution in [0.25, 0.3) is 0 Å². The fraction of sp³-hybridized carbons (Fsp3) is 0.294. The van der Waals surface area contributed by atoms with Gasteiger partial charge in [-0.3, -0.25) is 9.59 Å². The highest BCUT2D eigenvalue weighted by Gasteiger charge is 2.14. The normalized spacial score (nSPS) is 11.8. The van der Waals surface area contributed by atoms with Gasteiger partial charge in [-0.1, -0.05) is 6.07 Å². The number of rotatable bonds is 6. The first-order valence-corrected chi connectivity index (χ1v) is 7.26. The van der Waals surface area contributed by atoms with Gasteiger partial charge in [-0.15, -0.1) is 0 Å². The predicted octanol–water partition coefficient (Wildman–Crippen LogP) is 2.61. The van der Waals surface area contributed by atoms with Gasteiger partial charge in [0.05, 0.1) is 12.9 Å². The molecule has 0 fully saturated rings. The number of carbonyl (C=O) groups is 2. The molecule has 6 heteroatoms.